The summed E-state index contributed by atoms with van der Waals surface area (Å²) in [6.07, 6.45) is 5.39. The summed E-state index contributed by atoms with van der Waals surface area (Å²) in [6, 6.07) is 2.19. The van der Waals surface area contributed by atoms with Crippen LogP contribution in [0.5, 0.6) is 0 Å². The first-order valence-corrected chi connectivity index (χ1v) is 7.55. The van der Waals surface area contributed by atoms with Gasteiger partial charge in [0.05, 0.1) is 18.5 Å². The number of hydrogen-bond donors (Lipinski definition) is 0. The van der Waals surface area contributed by atoms with Gasteiger partial charge in [-0.05, 0) is 25.8 Å². The second kappa shape index (κ2) is 9.39. The Kier molecular flexibility index (Phi) is 7.77. The van der Waals surface area contributed by atoms with Crippen molar-refractivity contribution in [3.8, 4) is 17.9 Å². The van der Waals surface area contributed by atoms with E-state index >= 15 is 0 Å². The molecule has 4 nitrogen and oxygen atoms in total. The highest BCUT2D eigenvalue weighted by Crippen LogP contribution is 2.14. The van der Waals surface area contributed by atoms with Crippen molar-refractivity contribution < 1.29 is 4.79 Å². The van der Waals surface area contributed by atoms with Gasteiger partial charge in [-0.25, -0.2) is 0 Å². The molecule has 0 bridgehead atoms. The van der Waals surface area contributed by atoms with Crippen molar-refractivity contribution in [3.63, 3.8) is 0 Å². The number of piperazine rings is 1. The van der Waals surface area contributed by atoms with E-state index in [2.05, 4.69) is 29.7 Å². The average molecular weight is 275 g/mol. The fraction of sp³-hybridized carbons (Fsp3) is 0.750. The van der Waals surface area contributed by atoms with Gasteiger partial charge in [-0.2, -0.15) is 5.26 Å². The standard InChI is InChI=1S/C16H25N3O/c1-3-5-6-7-11-18-12-13-19(16(20)8-4-2)15(14-18)9-10-17/h15H,3,5-7,9,11-14H2,1-2H3. The van der Waals surface area contributed by atoms with Gasteiger partial charge in [-0.3, -0.25) is 9.69 Å². The van der Waals surface area contributed by atoms with E-state index in [1.165, 1.54) is 25.7 Å². The zero-order chi connectivity index (χ0) is 14.8. The van der Waals surface area contributed by atoms with E-state index in [0.717, 1.165) is 19.6 Å². The van der Waals surface area contributed by atoms with Crippen LogP contribution in [0.15, 0.2) is 0 Å². The summed E-state index contributed by atoms with van der Waals surface area (Å²) in [7, 11) is 0. The first kappa shape index (κ1) is 16.5. The zero-order valence-electron chi connectivity index (χ0n) is 12.7. The van der Waals surface area contributed by atoms with Crippen LogP contribution in [0, 0.1) is 23.2 Å². The predicted molar refractivity (Wildman–Crippen MR) is 79.8 cm³/mol. The Balaban J connectivity index is 2.49. The third-order valence-electron chi connectivity index (χ3n) is 3.71. The summed E-state index contributed by atoms with van der Waals surface area (Å²) in [5, 5.41) is 8.94. The fourth-order valence-corrected chi connectivity index (χ4v) is 2.61. The van der Waals surface area contributed by atoms with Crippen molar-refractivity contribution >= 4 is 5.91 Å². The van der Waals surface area contributed by atoms with Gasteiger partial charge in [0, 0.05) is 19.6 Å². The van der Waals surface area contributed by atoms with Gasteiger partial charge in [-0.1, -0.05) is 32.1 Å². The summed E-state index contributed by atoms with van der Waals surface area (Å²) < 4.78 is 0. The lowest BCUT2D eigenvalue weighted by molar-refractivity contribution is -0.129. The van der Waals surface area contributed by atoms with E-state index in [-0.39, 0.29) is 11.9 Å². The van der Waals surface area contributed by atoms with Crippen molar-refractivity contribution in [2.75, 3.05) is 26.2 Å². The van der Waals surface area contributed by atoms with Crippen LogP contribution >= 0.6 is 0 Å². The zero-order valence-corrected chi connectivity index (χ0v) is 12.7. The lowest BCUT2D eigenvalue weighted by atomic mass is 10.1. The number of nitrogens with zero attached hydrogens (tertiary/aromatic N) is 3. The minimum absolute atomic E-state index is 0.00623. The van der Waals surface area contributed by atoms with Gasteiger partial charge in [-0.15, -0.1) is 0 Å². The summed E-state index contributed by atoms with van der Waals surface area (Å²) >= 11 is 0. The normalized spacial score (nSPS) is 19.1. The van der Waals surface area contributed by atoms with Crippen LogP contribution in [0.3, 0.4) is 0 Å². The highest BCUT2D eigenvalue weighted by Gasteiger charge is 2.29. The first-order valence-electron chi connectivity index (χ1n) is 7.55. The first-order chi connectivity index (χ1) is 9.72. The molecule has 0 saturated carbocycles. The Morgan fingerprint density at radius 2 is 2.10 bits per heavy atom. The number of amides is 1. The molecule has 0 aromatic heterocycles. The summed E-state index contributed by atoms with van der Waals surface area (Å²) in [6.45, 7) is 7.34. The van der Waals surface area contributed by atoms with Crippen LogP contribution in [0.2, 0.25) is 0 Å². The molecule has 1 unspecified atom stereocenters. The molecule has 0 radical (unpaired) electrons. The molecule has 1 fully saturated rings. The molecule has 1 aliphatic heterocycles. The average Bonchev–Trinajstić information content (AvgIpc) is 2.44. The Morgan fingerprint density at radius 3 is 2.75 bits per heavy atom. The molecular weight excluding hydrogens is 250 g/mol. The van der Waals surface area contributed by atoms with E-state index in [1.54, 1.807) is 11.8 Å². The largest absolute Gasteiger partial charge is 0.325 e. The van der Waals surface area contributed by atoms with Crippen molar-refractivity contribution in [1.29, 1.82) is 5.26 Å². The van der Waals surface area contributed by atoms with Gasteiger partial charge >= 0.3 is 0 Å². The van der Waals surface area contributed by atoms with E-state index in [9.17, 15) is 4.79 Å². The number of hydrogen-bond acceptors (Lipinski definition) is 3. The number of unbranched alkanes of at least 4 members (excludes halogenated alkanes) is 3. The topological polar surface area (TPSA) is 47.3 Å². The van der Waals surface area contributed by atoms with E-state index in [0.29, 0.717) is 13.0 Å². The van der Waals surface area contributed by atoms with Gasteiger partial charge < -0.3 is 4.90 Å². The molecule has 0 spiro atoms. The van der Waals surface area contributed by atoms with Gasteiger partial charge in [0.15, 0.2) is 0 Å². The minimum Gasteiger partial charge on any atom is -0.325 e. The smallest absolute Gasteiger partial charge is 0.298 e. The van der Waals surface area contributed by atoms with Crippen molar-refractivity contribution in [1.82, 2.24) is 9.80 Å². The quantitative estimate of drug-likeness (QED) is 0.550. The molecule has 110 valence electrons. The molecule has 0 aliphatic carbocycles. The lowest BCUT2D eigenvalue weighted by Crippen LogP contribution is -2.54. The van der Waals surface area contributed by atoms with Crippen molar-refractivity contribution in [3.05, 3.63) is 0 Å². The number of nitriles is 1. The molecule has 4 heteroatoms. The minimum atomic E-state index is -0.140. The third-order valence-corrected chi connectivity index (χ3v) is 3.71. The second-order valence-electron chi connectivity index (χ2n) is 5.25. The van der Waals surface area contributed by atoms with Crippen LogP contribution in [-0.4, -0.2) is 47.9 Å². The van der Waals surface area contributed by atoms with Crippen molar-refractivity contribution in [2.24, 2.45) is 0 Å². The summed E-state index contributed by atoms with van der Waals surface area (Å²) in [5.41, 5.74) is 0. The Morgan fingerprint density at radius 1 is 1.30 bits per heavy atom. The number of rotatable bonds is 6. The highest BCUT2D eigenvalue weighted by molar-refractivity contribution is 5.93. The third kappa shape index (κ3) is 5.23. The van der Waals surface area contributed by atoms with Crippen LogP contribution < -0.4 is 0 Å². The monoisotopic (exact) mass is 275 g/mol. The molecular formula is C16H25N3O. The van der Waals surface area contributed by atoms with Crippen LogP contribution in [0.25, 0.3) is 0 Å². The molecule has 0 N–H and O–H groups in total. The van der Waals surface area contributed by atoms with Crippen molar-refractivity contribution in [2.45, 2.75) is 52.0 Å². The molecule has 1 saturated heterocycles. The summed E-state index contributed by atoms with van der Waals surface area (Å²) in [5.74, 6) is 5.10. The molecule has 1 heterocycles. The molecule has 1 atom stereocenters. The Labute approximate surface area is 122 Å². The SMILES string of the molecule is CC#CC(=O)N1CCN(CCCCCC)CC1CC#N. The molecule has 1 rings (SSSR count). The van der Waals surface area contributed by atoms with Gasteiger partial charge in [0.1, 0.15) is 0 Å². The molecule has 1 aliphatic rings. The molecule has 1 amide bonds. The fourth-order valence-electron chi connectivity index (χ4n) is 2.61. The van der Waals surface area contributed by atoms with Crippen LogP contribution in [-0.2, 0) is 4.79 Å². The Bertz CT molecular complexity index is 402. The predicted octanol–water partition coefficient (Wildman–Crippen LogP) is 2.02. The molecule has 0 aromatic carbocycles. The highest BCUT2D eigenvalue weighted by atomic mass is 16.2. The van der Waals surface area contributed by atoms with Gasteiger partial charge in [0.2, 0.25) is 0 Å². The number of carbonyl (C=O) groups is 1. The van der Waals surface area contributed by atoms with Gasteiger partial charge in [0.25, 0.3) is 5.91 Å². The van der Waals surface area contributed by atoms with Crippen LogP contribution in [0.4, 0.5) is 0 Å². The second-order valence-corrected chi connectivity index (χ2v) is 5.25. The van der Waals surface area contributed by atoms with Crippen LogP contribution in [0.1, 0.15) is 46.0 Å². The maximum atomic E-state index is 11.9. The maximum absolute atomic E-state index is 11.9. The summed E-state index contributed by atoms with van der Waals surface area (Å²) in [4.78, 5) is 16.1. The Hall–Kier alpha value is -1.52. The number of carbonyl (C=O) groups excluding carboxylic acids is 1. The van der Waals surface area contributed by atoms with E-state index in [4.69, 9.17) is 5.26 Å². The molecule has 20 heavy (non-hydrogen) atoms. The molecule has 0 aromatic rings. The lowest BCUT2D eigenvalue weighted by Gasteiger charge is -2.39. The maximum Gasteiger partial charge on any atom is 0.298 e. The van der Waals surface area contributed by atoms with E-state index < -0.39 is 0 Å². The van der Waals surface area contributed by atoms with E-state index in [1.807, 2.05) is 0 Å².